The van der Waals surface area contributed by atoms with Crippen LogP contribution in [0, 0.1) is 0 Å². The maximum atomic E-state index is 11.2. The van der Waals surface area contributed by atoms with Crippen LogP contribution < -0.4 is 4.74 Å². The van der Waals surface area contributed by atoms with E-state index < -0.39 is 0 Å². The zero-order valence-corrected chi connectivity index (χ0v) is 10.7. The fraction of sp³-hybridized carbons (Fsp3) is 0.500. The van der Waals surface area contributed by atoms with E-state index in [4.69, 9.17) is 9.47 Å². The topological polar surface area (TPSA) is 35.5 Å². The van der Waals surface area contributed by atoms with Gasteiger partial charge in [0.25, 0.3) is 0 Å². The van der Waals surface area contributed by atoms with Crippen molar-refractivity contribution in [3.05, 3.63) is 29.8 Å². The van der Waals surface area contributed by atoms with Crippen LogP contribution in [0.1, 0.15) is 32.8 Å². The van der Waals surface area contributed by atoms with Gasteiger partial charge in [0.1, 0.15) is 11.9 Å². The number of hydrogen-bond acceptors (Lipinski definition) is 3. The first kappa shape index (κ1) is 13.6. The SMILES string of the molecule is CCOC(=O)CC(C)Oc1ccc(CC)cc1. The van der Waals surface area contributed by atoms with Gasteiger partial charge in [-0.15, -0.1) is 0 Å². The molecule has 0 bridgehead atoms. The molecule has 0 saturated heterocycles. The number of benzene rings is 1. The van der Waals surface area contributed by atoms with E-state index in [0.717, 1.165) is 12.2 Å². The van der Waals surface area contributed by atoms with E-state index in [2.05, 4.69) is 6.92 Å². The molecule has 1 atom stereocenters. The molecule has 0 heterocycles. The molecule has 1 aromatic carbocycles. The maximum Gasteiger partial charge on any atom is 0.309 e. The Balaban J connectivity index is 2.44. The number of ether oxygens (including phenoxy) is 2. The minimum Gasteiger partial charge on any atom is -0.490 e. The van der Waals surface area contributed by atoms with Crippen molar-refractivity contribution < 1.29 is 14.3 Å². The first-order valence-electron chi connectivity index (χ1n) is 6.07. The number of rotatable bonds is 6. The van der Waals surface area contributed by atoms with Crippen LogP contribution in [0.2, 0.25) is 0 Å². The van der Waals surface area contributed by atoms with Crippen LogP contribution in [-0.2, 0) is 16.0 Å². The molecule has 3 heteroatoms. The Bertz CT molecular complexity index is 343. The highest BCUT2D eigenvalue weighted by Gasteiger charge is 2.11. The molecule has 0 radical (unpaired) electrons. The fourth-order valence-electron chi connectivity index (χ4n) is 1.53. The fourth-order valence-corrected chi connectivity index (χ4v) is 1.53. The highest BCUT2D eigenvalue weighted by Crippen LogP contribution is 2.15. The van der Waals surface area contributed by atoms with Gasteiger partial charge in [0, 0.05) is 0 Å². The zero-order chi connectivity index (χ0) is 12.7. The van der Waals surface area contributed by atoms with Gasteiger partial charge < -0.3 is 9.47 Å². The van der Waals surface area contributed by atoms with Crippen molar-refractivity contribution in [1.29, 1.82) is 0 Å². The molecule has 0 saturated carbocycles. The molecule has 0 aliphatic heterocycles. The first-order valence-corrected chi connectivity index (χ1v) is 6.07. The molecular weight excluding hydrogens is 216 g/mol. The Morgan fingerprint density at radius 1 is 1.24 bits per heavy atom. The Labute approximate surface area is 103 Å². The Morgan fingerprint density at radius 2 is 1.88 bits per heavy atom. The molecule has 94 valence electrons. The lowest BCUT2D eigenvalue weighted by Gasteiger charge is -2.14. The van der Waals surface area contributed by atoms with Crippen molar-refractivity contribution in [2.24, 2.45) is 0 Å². The molecule has 1 aromatic rings. The first-order chi connectivity index (χ1) is 8.15. The number of aryl methyl sites for hydroxylation is 1. The second-order valence-corrected chi connectivity index (χ2v) is 3.94. The molecule has 0 fully saturated rings. The summed E-state index contributed by atoms with van der Waals surface area (Å²) >= 11 is 0. The molecule has 0 aliphatic carbocycles. The van der Waals surface area contributed by atoms with Crippen molar-refractivity contribution in [2.75, 3.05) is 6.61 Å². The molecule has 0 N–H and O–H groups in total. The third-order valence-corrected chi connectivity index (χ3v) is 2.43. The number of carbonyl (C=O) groups excluding carboxylic acids is 1. The lowest BCUT2D eigenvalue weighted by molar-refractivity contribution is -0.144. The second kappa shape index (κ2) is 6.94. The summed E-state index contributed by atoms with van der Waals surface area (Å²) in [4.78, 5) is 11.2. The van der Waals surface area contributed by atoms with Gasteiger partial charge in [0.2, 0.25) is 0 Å². The van der Waals surface area contributed by atoms with E-state index >= 15 is 0 Å². The predicted molar refractivity (Wildman–Crippen MR) is 67.2 cm³/mol. The van der Waals surface area contributed by atoms with Crippen LogP contribution in [0.3, 0.4) is 0 Å². The van der Waals surface area contributed by atoms with E-state index in [1.54, 1.807) is 6.92 Å². The maximum absolute atomic E-state index is 11.2. The largest absolute Gasteiger partial charge is 0.490 e. The minimum absolute atomic E-state index is 0.165. The minimum atomic E-state index is -0.217. The summed E-state index contributed by atoms with van der Waals surface area (Å²) in [6, 6.07) is 7.93. The average Bonchev–Trinajstić information content (AvgIpc) is 2.30. The normalized spacial score (nSPS) is 11.9. The monoisotopic (exact) mass is 236 g/mol. The third kappa shape index (κ3) is 4.89. The highest BCUT2D eigenvalue weighted by molar-refractivity contribution is 5.69. The van der Waals surface area contributed by atoms with Crippen LogP contribution in [0.5, 0.6) is 5.75 Å². The summed E-state index contributed by atoms with van der Waals surface area (Å²) in [5.74, 6) is 0.573. The Kier molecular flexibility index (Phi) is 5.53. The summed E-state index contributed by atoms with van der Waals surface area (Å²) in [7, 11) is 0. The van der Waals surface area contributed by atoms with E-state index in [1.165, 1.54) is 5.56 Å². The molecule has 17 heavy (non-hydrogen) atoms. The van der Waals surface area contributed by atoms with Crippen LogP contribution in [0.15, 0.2) is 24.3 Å². The summed E-state index contributed by atoms with van der Waals surface area (Å²) in [5, 5.41) is 0. The molecule has 0 aliphatic rings. The van der Waals surface area contributed by atoms with Gasteiger partial charge in [0.15, 0.2) is 0 Å². The molecular formula is C14H20O3. The lowest BCUT2D eigenvalue weighted by atomic mass is 10.2. The van der Waals surface area contributed by atoms with Gasteiger partial charge in [-0.1, -0.05) is 19.1 Å². The smallest absolute Gasteiger partial charge is 0.309 e. The molecule has 0 amide bonds. The molecule has 1 unspecified atom stereocenters. The Morgan fingerprint density at radius 3 is 2.41 bits per heavy atom. The number of hydrogen-bond donors (Lipinski definition) is 0. The summed E-state index contributed by atoms with van der Waals surface area (Å²) in [5.41, 5.74) is 1.27. The van der Waals surface area contributed by atoms with E-state index in [0.29, 0.717) is 6.61 Å². The summed E-state index contributed by atoms with van der Waals surface area (Å²) in [6.07, 6.45) is 1.13. The van der Waals surface area contributed by atoms with Gasteiger partial charge in [-0.05, 0) is 38.0 Å². The van der Waals surface area contributed by atoms with Gasteiger partial charge in [-0.2, -0.15) is 0 Å². The van der Waals surface area contributed by atoms with Gasteiger partial charge >= 0.3 is 5.97 Å². The molecule has 0 spiro atoms. The van der Waals surface area contributed by atoms with Gasteiger partial charge in [-0.25, -0.2) is 0 Å². The van der Waals surface area contributed by atoms with E-state index in [-0.39, 0.29) is 18.5 Å². The van der Waals surface area contributed by atoms with Crippen LogP contribution in [-0.4, -0.2) is 18.7 Å². The van der Waals surface area contributed by atoms with Gasteiger partial charge in [0.05, 0.1) is 13.0 Å². The van der Waals surface area contributed by atoms with E-state index in [9.17, 15) is 4.79 Å². The molecule has 0 aromatic heterocycles. The van der Waals surface area contributed by atoms with Crippen LogP contribution in [0.4, 0.5) is 0 Å². The zero-order valence-electron chi connectivity index (χ0n) is 10.7. The van der Waals surface area contributed by atoms with Crippen molar-refractivity contribution in [2.45, 2.75) is 39.7 Å². The molecule has 3 nitrogen and oxygen atoms in total. The standard InChI is InChI=1S/C14H20O3/c1-4-12-6-8-13(9-7-12)17-11(3)10-14(15)16-5-2/h6-9,11H,4-5,10H2,1-3H3. The second-order valence-electron chi connectivity index (χ2n) is 3.94. The van der Waals surface area contributed by atoms with Crippen molar-refractivity contribution in [1.82, 2.24) is 0 Å². The average molecular weight is 236 g/mol. The summed E-state index contributed by atoms with van der Waals surface area (Å²) < 4.78 is 10.5. The lowest BCUT2D eigenvalue weighted by Crippen LogP contribution is -2.18. The number of carbonyl (C=O) groups is 1. The molecule has 1 rings (SSSR count). The highest BCUT2D eigenvalue weighted by atomic mass is 16.5. The van der Waals surface area contributed by atoms with Crippen LogP contribution >= 0.6 is 0 Å². The summed E-state index contributed by atoms with van der Waals surface area (Å²) in [6.45, 7) is 6.19. The Hall–Kier alpha value is -1.51. The van der Waals surface area contributed by atoms with Gasteiger partial charge in [-0.3, -0.25) is 4.79 Å². The van der Waals surface area contributed by atoms with Crippen molar-refractivity contribution in [3.63, 3.8) is 0 Å². The van der Waals surface area contributed by atoms with Crippen molar-refractivity contribution >= 4 is 5.97 Å². The third-order valence-electron chi connectivity index (χ3n) is 2.43. The van der Waals surface area contributed by atoms with Crippen LogP contribution in [0.25, 0.3) is 0 Å². The van der Waals surface area contributed by atoms with E-state index in [1.807, 2.05) is 31.2 Å². The number of esters is 1. The quantitative estimate of drug-likeness (QED) is 0.712. The van der Waals surface area contributed by atoms with Crippen molar-refractivity contribution in [3.8, 4) is 5.75 Å². The predicted octanol–water partition coefficient (Wildman–Crippen LogP) is 2.97.